The van der Waals surface area contributed by atoms with Crippen molar-refractivity contribution in [1.82, 2.24) is 20.9 Å². The van der Waals surface area contributed by atoms with E-state index in [0.29, 0.717) is 37.5 Å². The fourth-order valence-electron chi connectivity index (χ4n) is 4.07. The van der Waals surface area contributed by atoms with Crippen LogP contribution in [0.3, 0.4) is 0 Å². The van der Waals surface area contributed by atoms with Crippen LogP contribution in [-0.2, 0) is 19.2 Å². The molecule has 0 radical (unpaired) electrons. The Morgan fingerprint density at radius 3 is 2.52 bits per heavy atom. The number of nitrogens with one attached hydrogen (secondary N) is 3. The first-order valence-electron chi connectivity index (χ1n) is 10.9. The first kappa shape index (κ1) is 23.3. The van der Waals surface area contributed by atoms with Gasteiger partial charge >= 0.3 is 6.03 Å². The molecule has 2 saturated heterocycles. The van der Waals surface area contributed by atoms with Crippen molar-refractivity contribution in [3.05, 3.63) is 12.2 Å². The number of hydrogen-bond acceptors (Lipinski definition) is 6. The van der Waals surface area contributed by atoms with Gasteiger partial charge in [-0.25, -0.2) is 4.79 Å². The summed E-state index contributed by atoms with van der Waals surface area (Å²) >= 11 is 1.87. The van der Waals surface area contributed by atoms with Gasteiger partial charge in [0.05, 0.1) is 18.6 Å². The highest BCUT2D eigenvalue weighted by atomic mass is 32.2. The van der Waals surface area contributed by atoms with Crippen molar-refractivity contribution in [2.75, 3.05) is 18.8 Å². The number of ketones is 1. The Kier molecular flexibility index (Phi) is 8.51. The molecule has 0 aliphatic carbocycles. The number of hydrogen-bond donors (Lipinski definition) is 3. The summed E-state index contributed by atoms with van der Waals surface area (Å²) in [4.78, 5) is 59.3. The van der Waals surface area contributed by atoms with Gasteiger partial charge in [-0.15, -0.1) is 0 Å². The highest BCUT2D eigenvalue weighted by Gasteiger charge is 2.42. The van der Waals surface area contributed by atoms with Crippen molar-refractivity contribution >= 4 is 41.3 Å². The molecule has 0 bridgehead atoms. The van der Waals surface area contributed by atoms with E-state index in [2.05, 4.69) is 16.0 Å². The molecule has 3 aliphatic rings. The molecule has 3 aliphatic heterocycles. The summed E-state index contributed by atoms with van der Waals surface area (Å²) in [6, 6.07) is 0.336. The Labute approximate surface area is 186 Å². The molecule has 0 aromatic carbocycles. The summed E-state index contributed by atoms with van der Waals surface area (Å²) in [7, 11) is 0. The standard InChI is InChI=1S/C21H30N4O5S/c26-14(6-3-4-7-16-20-15(13-31-16)23-21(30)24-20)12-22-17(27)8-2-1-5-11-25-18(28)9-10-19(25)29/h9-10,15-16,20H,1-8,11-13H2,(H,22,27)(H2,23,24,30)/t15-,16-,20-/m0/s1. The van der Waals surface area contributed by atoms with E-state index in [1.165, 1.54) is 17.1 Å². The van der Waals surface area contributed by atoms with E-state index < -0.39 is 0 Å². The summed E-state index contributed by atoms with van der Waals surface area (Å²) in [6.45, 7) is 0.429. The molecule has 3 N–H and O–H groups in total. The Morgan fingerprint density at radius 1 is 1.00 bits per heavy atom. The summed E-state index contributed by atoms with van der Waals surface area (Å²) in [5, 5.41) is 8.96. The van der Waals surface area contributed by atoms with Gasteiger partial charge in [0.25, 0.3) is 11.8 Å². The van der Waals surface area contributed by atoms with Crippen LogP contribution in [0.15, 0.2) is 12.2 Å². The van der Waals surface area contributed by atoms with Gasteiger partial charge in [-0.3, -0.25) is 24.1 Å². The Balaban J connectivity index is 1.16. The van der Waals surface area contributed by atoms with Crippen LogP contribution in [0.1, 0.15) is 51.4 Å². The van der Waals surface area contributed by atoms with Gasteiger partial charge in [-0.05, 0) is 25.7 Å². The smallest absolute Gasteiger partial charge is 0.315 e. The zero-order valence-corrected chi connectivity index (χ0v) is 18.4. The van der Waals surface area contributed by atoms with Crippen molar-refractivity contribution in [3.8, 4) is 0 Å². The molecule has 3 atom stereocenters. The van der Waals surface area contributed by atoms with Crippen molar-refractivity contribution in [3.63, 3.8) is 0 Å². The predicted molar refractivity (Wildman–Crippen MR) is 116 cm³/mol. The lowest BCUT2D eigenvalue weighted by Crippen LogP contribution is -2.36. The second kappa shape index (κ2) is 11.3. The molecule has 3 rings (SSSR count). The lowest BCUT2D eigenvalue weighted by molar-refractivity contribution is -0.137. The minimum absolute atomic E-state index is 0.0275. The Morgan fingerprint density at radius 2 is 1.74 bits per heavy atom. The third kappa shape index (κ3) is 6.81. The van der Waals surface area contributed by atoms with Gasteiger partial charge in [0.15, 0.2) is 5.78 Å². The van der Waals surface area contributed by atoms with E-state index in [0.717, 1.165) is 31.4 Å². The average molecular weight is 451 g/mol. The molecular formula is C21H30N4O5S. The number of rotatable bonds is 13. The maximum atomic E-state index is 12.0. The number of urea groups is 1. The van der Waals surface area contributed by atoms with Crippen LogP contribution < -0.4 is 16.0 Å². The van der Waals surface area contributed by atoms with Crippen LogP contribution >= 0.6 is 11.8 Å². The number of thioether (sulfide) groups is 1. The molecule has 0 aromatic heterocycles. The van der Waals surface area contributed by atoms with Crippen LogP contribution in [0.4, 0.5) is 4.79 Å². The van der Waals surface area contributed by atoms with E-state index >= 15 is 0 Å². The number of Topliss-reactive ketones (excluding diaryl/α,β-unsaturated/α-hetero) is 1. The van der Waals surface area contributed by atoms with Crippen LogP contribution in [0.5, 0.6) is 0 Å². The van der Waals surface area contributed by atoms with E-state index in [4.69, 9.17) is 0 Å². The van der Waals surface area contributed by atoms with Gasteiger partial charge in [-0.1, -0.05) is 12.8 Å². The second-order valence-corrected chi connectivity index (χ2v) is 9.43. The molecule has 0 saturated carbocycles. The summed E-state index contributed by atoms with van der Waals surface area (Å²) in [5.74, 6) is 0.246. The lowest BCUT2D eigenvalue weighted by atomic mass is 10.0. The van der Waals surface area contributed by atoms with Crippen LogP contribution in [0.25, 0.3) is 0 Å². The van der Waals surface area contributed by atoms with Crippen molar-refractivity contribution in [2.24, 2.45) is 0 Å². The maximum Gasteiger partial charge on any atom is 0.315 e. The number of carbonyl (C=O) groups is 5. The maximum absolute atomic E-state index is 12.0. The van der Waals surface area contributed by atoms with Gasteiger partial charge in [-0.2, -0.15) is 11.8 Å². The van der Waals surface area contributed by atoms with Crippen molar-refractivity contribution in [1.29, 1.82) is 0 Å². The molecule has 31 heavy (non-hydrogen) atoms. The third-order valence-corrected chi connectivity index (χ3v) is 7.31. The van der Waals surface area contributed by atoms with E-state index in [9.17, 15) is 24.0 Å². The second-order valence-electron chi connectivity index (χ2n) is 8.16. The van der Waals surface area contributed by atoms with E-state index in [1.54, 1.807) is 0 Å². The number of nitrogens with zero attached hydrogens (tertiary/aromatic N) is 1. The largest absolute Gasteiger partial charge is 0.349 e. The molecule has 170 valence electrons. The molecule has 0 unspecified atom stereocenters. The SMILES string of the molecule is O=C(CCCC[C@@H]1SC[C@@H]2NC(=O)N[C@@H]21)CNC(=O)CCCCCN1C(=O)C=CC1=O. The summed E-state index contributed by atoms with van der Waals surface area (Å²) < 4.78 is 0. The highest BCUT2D eigenvalue weighted by Crippen LogP contribution is 2.33. The van der Waals surface area contributed by atoms with E-state index in [-0.39, 0.29) is 48.2 Å². The lowest BCUT2D eigenvalue weighted by Gasteiger charge is -2.16. The highest BCUT2D eigenvalue weighted by molar-refractivity contribution is 8.00. The predicted octanol–water partition coefficient (Wildman–Crippen LogP) is 0.883. The van der Waals surface area contributed by atoms with Gasteiger partial charge in [0.2, 0.25) is 5.91 Å². The third-order valence-electron chi connectivity index (χ3n) is 5.80. The zero-order chi connectivity index (χ0) is 22.2. The minimum Gasteiger partial charge on any atom is -0.349 e. The minimum atomic E-state index is -0.283. The topological polar surface area (TPSA) is 125 Å². The molecule has 0 spiro atoms. The van der Waals surface area contributed by atoms with Crippen LogP contribution in [-0.4, -0.2) is 70.6 Å². The molecule has 3 heterocycles. The zero-order valence-electron chi connectivity index (χ0n) is 17.6. The molecular weight excluding hydrogens is 420 g/mol. The first-order valence-corrected chi connectivity index (χ1v) is 12.0. The first-order chi connectivity index (χ1) is 14.9. The fourth-order valence-corrected chi connectivity index (χ4v) is 5.61. The number of carbonyl (C=O) groups excluding carboxylic acids is 5. The molecule has 0 aromatic rings. The molecule has 2 fully saturated rings. The monoisotopic (exact) mass is 450 g/mol. The number of imide groups is 1. The molecule has 10 heteroatoms. The molecule has 5 amide bonds. The van der Waals surface area contributed by atoms with Gasteiger partial charge in [0.1, 0.15) is 0 Å². The normalized spacial score (nSPS) is 24.3. The van der Waals surface area contributed by atoms with Crippen molar-refractivity contribution in [2.45, 2.75) is 68.7 Å². The quantitative estimate of drug-likeness (QED) is 0.217. The van der Waals surface area contributed by atoms with Crippen LogP contribution in [0, 0.1) is 0 Å². The number of unbranched alkanes of at least 4 members (excludes halogenated alkanes) is 3. The summed E-state index contributed by atoms with van der Waals surface area (Å²) in [5.41, 5.74) is 0. The Bertz CT molecular complexity index is 738. The number of amides is 5. The summed E-state index contributed by atoms with van der Waals surface area (Å²) in [6.07, 6.45) is 8.03. The number of fused-ring (bicyclic) bond motifs is 1. The average Bonchev–Trinajstić information content (AvgIpc) is 3.39. The van der Waals surface area contributed by atoms with Crippen LogP contribution in [0.2, 0.25) is 0 Å². The van der Waals surface area contributed by atoms with Gasteiger partial charge in [0, 0.05) is 42.5 Å². The molecule has 9 nitrogen and oxygen atoms in total. The van der Waals surface area contributed by atoms with Gasteiger partial charge < -0.3 is 16.0 Å². The van der Waals surface area contributed by atoms with Crippen molar-refractivity contribution < 1.29 is 24.0 Å². The fraction of sp³-hybridized carbons (Fsp3) is 0.667. The van der Waals surface area contributed by atoms with E-state index in [1.807, 2.05) is 11.8 Å². The Hall–Kier alpha value is -2.36.